The van der Waals surface area contributed by atoms with Crippen LogP contribution in [0.2, 0.25) is 0 Å². The summed E-state index contributed by atoms with van der Waals surface area (Å²) in [7, 11) is 0. The molecule has 0 aromatic carbocycles. The molecule has 1 rings (SSSR count). The van der Waals surface area contributed by atoms with Gasteiger partial charge in [0.2, 0.25) is 5.91 Å². The molecule has 0 saturated carbocycles. The molecular weight excluding hydrogens is 222 g/mol. The number of aromatic nitrogens is 1. The lowest BCUT2D eigenvalue weighted by atomic mass is 9.87. The summed E-state index contributed by atoms with van der Waals surface area (Å²) in [6.45, 7) is 7.88. The van der Waals surface area contributed by atoms with Gasteiger partial charge in [-0.25, -0.2) is 4.98 Å². The van der Waals surface area contributed by atoms with Crippen LogP contribution in [0.25, 0.3) is 0 Å². The van der Waals surface area contributed by atoms with Crippen molar-refractivity contribution in [2.45, 2.75) is 40.2 Å². The normalized spacial score (nSPS) is 13.6. The second-order valence-electron chi connectivity index (χ2n) is 4.82. The Balaban J connectivity index is 2.64. The van der Waals surface area contributed by atoms with Gasteiger partial charge < -0.3 is 11.1 Å². The maximum absolute atomic E-state index is 11.8. The van der Waals surface area contributed by atoms with Crippen LogP contribution in [0, 0.1) is 5.41 Å². The molecule has 1 atom stereocenters. The van der Waals surface area contributed by atoms with Crippen LogP contribution in [0.15, 0.2) is 6.20 Å². The fourth-order valence-corrected chi connectivity index (χ4v) is 1.86. The van der Waals surface area contributed by atoms with E-state index < -0.39 is 6.04 Å². The number of hydrogen-bond donors (Lipinski definition) is 2. The summed E-state index contributed by atoms with van der Waals surface area (Å²) in [5.41, 5.74) is 5.61. The van der Waals surface area contributed by atoms with E-state index in [4.69, 9.17) is 5.73 Å². The zero-order valence-corrected chi connectivity index (χ0v) is 11.0. The average Bonchev–Trinajstić information content (AvgIpc) is 2.63. The number of rotatable bonds is 3. The van der Waals surface area contributed by atoms with E-state index in [9.17, 15) is 4.79 Å². The number of nitrogens with zero attached hydrogens (tertiary/aromatic N) is 1. The van der Waals surface area contributed by atoms with Crippen LogP contribution in [-0.2, 0) is 11.2 Å². The lowest BCUT2D eigenvalue weighted by molar-refractivity contribution is -0.119. The SMILES string of the molecule is CCc1cnc(NC(=O)[C@@H](N)C(C)(C)C)s1. The van der Waals surface area contributed by atoms with Crippen LogP contribution in [0.1, 0.15) is 32.6 Å². The van der Waals surface area contributed by atoms with E-state index in [1.54, 1.807) is 6.20 Å². The molecule has 1 amide bonds. The Morgan fingerprint density at radius 1 is 1.62 bits per heavy atom. The Hall–Kier alpha value is -0.940. The molecule has 0 aliphatic heterocycles. The molecule has 16 heavy (non-hydrogen) atoms. The number of hydrogen-bond acceptors (Lipinski definition) is 4. The van der Waals surface area contributed by atoms with Crippen molar-refractivity contribution in [3.63, 3.8) is 0 Å². The van der Waals surface area contributed by atoms with Gasteiger partial charge in [-0.05, 0) is 11.8 Å². The van der Waals surface area contributed by atoms with Crippen molar-refractivity contribution in [1.29, 1.82) is 0 Å². The van der Waals surface area contributed by atoms with Gasteiger partial charge in [0.25, 0.3) is 0 Å². The summed E-state index contributed by atoms with van der Waals surface area (Å²) in [6, 6.07) is -0.526. The van der Waals surface area contributed by atoms with Crippen molar-refractivity contribution in [3.8, 4) is 0 Å². The minimum absolute atomic E-state index is 0.176. The Bertz CT molecular complexity index is 368. The smallest absolute Gasteiger partial charge is 0.243 e. The second kappa shape index (κ2) is 4.93. The summed E-state index contributed by atoms with van der Waals surface area (Å²) in [6.07, 6.45) is 2.71. The molecule has 0 aliphatic rings. The predicted octanol–water partition coefficient (Wildman–Crippen LogP) is 2.02. The first-order chi connectivity index (χ1) is 7.34. The quantitative estimate of drug-likeness (QED) is 0.850. The third-order valence-electron chi connectivity index (χ3n) is 2.35. The largest absolute Gasteiger partial charge is 0.319 e. The number of aryl methyl sites for hydroxylation is 1. The summed E-state index contributed by atoms with van der Waals surface area (Å²) in [5.74, 6) is -0.176. The van der Waals surface area contributed by atoms with E-state index in [1.807, 2.05) is 20.8 Å². The highest BCUT2D eigenvalue weighted by atomic mass is 32.1. The summed E-state index contributed by atoms with van der Waals surface area (Å²) in [4.78, 5) is 17.1. The van der Waals surface area contributed by atoms with Gasteiger partial charge in [0, 0.05) is 11.1 Å². The van der Waals surface area contributed by atoms with Crippen LogP contribution in [0.5, 0.6) is 0 Å². The fraction of sp³-hybridized carbons (Fsp3) is 0.636. The first-order valence-corrected chi connectivity index (χ1v) is 6.17. The van der Waals surface area contributed by atoms with Crippen molar-refractivity contribution in [2.24, 2.45) is 11.1 Å². The Kier molecular flexibility index (Phi) is 4.04. The van der Waals surface area contributed by atoms with Gasteiger partial charge in [-0.1, -0.05) is 27.7 Å². The van der Waals surface area contributed by atoms with Crippen molar-refractivity contribution < 1.29 is 4.79 Å². The standard InChI is InChI=1S/C11H19N3OS/c1-5-7-6-13-10(16-7)14-9(15)8(12)11(2,3)4/h6,8H,5,12H2,1-4H3,(H,13,14,15)/t8-/m1/s1. The van der Waals surface area contributed by atoms with Gasteiger partial charge in [-0.2, -0.15) is 0 Å². The molecule has 0 aliphatic carbocycles. The average molecular weight is 241 g/mol. The highest BCUT2D eigenvalue weighted by molar-refractivity contribution is 7.15. The van der Waals surface area contributed by atoms with Crippen molar-refractivity contribution in [3.05, 3.63) is 11.1 Å². The third-order valence-corrected chi connectivity index (χ3v) is 3.40. The van der Waals surface area contributed by atoms with E-state index in [-0.39, 0.29) is 11.3 Å². The molecule has 1 heterocycles. The maximum Gasteiger partial charge on any atom is 0.243 e. The van der Waals surface area contributed by atoms with Gasteiger partial charge in [-0.15, -0.1) is 11.3 Å². The second-order valence-corrected chi connectivity index (χ2v) is 5.93. The first-order valence-electron chi connectivity index (χ1n) is 5.35. The molecule has 0 unspecified atom stereocenters. The fourth-order valence-electron chi connectivity index (χ4n) is 1.11. The lowest BCUT2D eigenvalue weighted by Crippen LogP contribution is -2.45. The number of anilines is 1. The number of thiazole rings is 1. The van der Waals surface area contributed by atoms with E-state index in [0.717, 1.165) is 11.3 Å². The maximum atomic E-state index is 11.8. The number of nitrogens with one attached hydrogen (secondary N) is 1. The van der Waals surface area contributed by atoms with Crippen LogP contribution in [0.3, 0.4) is 0 Å². The zero-order valence-electron chi connectivity index (χ0n) is 10.2. The Morgan fingerprint density at radius 2 is 2.25 bits per heavy atom. The third kappa shape index (κ3) is 3.28. The van der Waals surface area contributed by atoms with Gasteiger partial charge in [0.15, 0.2) is 5.13 Å². The molecule has 5 heteroatoms. The monoisotopic (exact) mass is 241 g/mol. The molecule has 0 spiro atoms. The minimum atomic E-state index is -0.526. The molecule has 90 valence electrons. The molecule has 1 aromatic rings. The van der Waals surface area contributed by atoms with Gasteiger partial charge in [0.1, 0.15) is 0 Å². The topological polar surface area (TPSA) is 68.0 Å². The molecule has 0 saturated heterocycles. The lowest BCUT2D eigenvalue weighted by Gasteiger charge is -2.25. The number of carbonyl (C=O) groups is 1. The van der Waals surface area contributed by atoms with Crippen molar-refractivity contribution >= 4 is 22.4 Å². The van der Waals surface area contributed by atoms with Gasteiger partial charge >= 0.3 is 0 Å². The molecule has 4 nitrogen and oxygen atoms in total. The molecular formula is C11H19N3OS. The molecule has 0 radical (unpaired) electrons. The highest BCUT2D eigenvalue weighted by Crippen LogP contribution is 2.21. The van der Waals surface area contributed by atoms with E-state index in [0.29, 0.717) is 5.13 Å². The van der Waals surface area contributed by atoms with Crippen molar-refractivity contribution in [1.82, 2.24) is 4.98 Å². The van der Waals surface area contributed by atoms with E-state index in [2.05, 4.69) is 17.2 Å². The predicted molar refractivity (Wildman–Crippen MR) is 67.6 cm³/mol. The molecule has 0 fully saturated rings. The van der Waals surface area contributed by atoms with E-state index in [1.165, 1.54) is 11.3 Å². The Labute approximate surface area is 100 Å². The minimum Gasteiger partial charge on any atom is -0.319 e. The summed E-state index contributed by atoms with van der Waals surface area (Å²) < 4.78 is 0. The van der Waals surface area contributed by atoms with Crippen LogP contribution in [-0.4, -0.2) is 16.9 Å². The molecule has 0 bridgehead atoms. The van der Waals surface area contributed by atoms with Gasteiger partial charge in [0.05, 0.1) is 6.04 Å². The first kappa shape index (κ1) is 13.1. The van der Waals surface area contributed by atoms with Crippen LogP contribution < -0.4 is 11.1 Å². The summed E-state index contributed by atoms with van der Waals surface area (Å²) in [5, 5.41) is 3.37. The van der Waals surface area contributed by atoms with Crippen LogP contribution >= 0.6 is 11.3 Å². The zero-order chi connectivity index (χ0) is 12.3. The number of amides is 1. The molecule has 3 N–H and O–H groups in total. The highest BCUT2D eigenvalue weighted by Gasteiger charge is 2.27. The molecule has 1 aromatic heterocycles. The number of carbonyl (C=O) groups excluding carboxylic acids is 1. The summed E-state index contributed by atoms with van der Waals surface area (Å²) >= 11 is 1.49. The van der Waals surface area contributed by atoms with E-state index >= 15 is 0 Å². The van der Waals surface area contributed by atoms with Crippen molar-refractivity contribution in [2.75, 3.05) is 5.32 Å². The van der Waals surface area contributed by atoms with Gasteiger partial charge in [-0.3, -0.25) is 4.79 Å². The number of nitrogens with two attached hydrogens (primary N) is 1. The van der Waals surface area contributed by atoms with Crippen LogP contribution in [0.4, 0.5) is 5.13 Å². The Morgan fingerprint density at radius 3 is 2.69 bits per heavy atom.